The number of aliphatic hydroxyl groups excluding tert-OH is 1. The number of ether oxygens (including phenoxy) is 2. The first kappa shape index (κ1) is 19.0. The lowest BCUT2D eigenvalue weighted by Crippen LogP contribution is -2.18. The topological polar surface area (TPSA) is 55.8 Å². The lowest BCUT2D eigenvalue weighted by Gasteiger charge is -2.16. The SMILES string of the molecule is CCCCOC(=O)C(O)c1ccccc1COc1cc(C)ccc1C. The first-order valence-electron chi connectivity index (χ1n) is 8.65. The van der Waals surface area contributed by atoms with Crippen LogP contribution in [0.5, 0.6) is 5.75 Å². The van der Waals surface area contributed by atoms with Crippen molar-refractivity contribution < 1.29 is 19.4 Å². The molecule has 0 aromatic heterocycles. The number of benzene rings is 2. The predicted octanol–water partition coefficient (Wildman–Crippen LogP) is 4.26. The Labute approximate surface area is 149 Å². The average Bonchev–Trinajstić information content (AvgIpc) is 2.62. The molecule has 0 spiro atoms. The zero-order valence-electron chi connectivity index (χ0n) is 15.1. The van der Waals surface area contributed by atoms with Crippen molar-refractivity contribution in [1.82, 2.24) is 0 Å². The van der Waals surface area contributed by atoms with Gasteiger partial charge in [-0.2, -0.15) is 0 Å². The summed E-state index contributed by atoms with van der Waals surface area (Å²) in [6, 6.07) is 13.3. The van der Waals surface area contributed by atoms with Gasteiger partial charge in [0.1, 0.15) is 12.4 Å². The number of carbonyl (C=O) groups is 1. The summed E-state index contributed by atoms with van der Waals surface area (Å²) in [6.45, 7) is 6.62. The minimum Gasteiger partial charge on any atom is -0.489 e. The molecule has 0 bridgehead atoms. The maximum atomic E-state index is 12.0. The molecule has 0 radical (unpaired) electrons. The molecule has 2 rings (SSSR count). The predicted molar refractivity (Wildman–Crippen MR) is 97.5 cm³/mol. The van der Waals surface area contributed by atoms with E-state index in [4.69, 9.17) is 9.47 Å². The summed E-state index contributed by atoms with van der Waals surface area (Å²) < 4.78 is 11.0. The lowest BCUT2D eigenvalue weighted by molar-refractivity contribution is -0.154. The van der Waals surface area contributed by atoms with Gasteiger partial charge in [-0.3, -0.25) is 0 Å². The van der Waals surface area contributed by atoms with E-state index < -0.39 is 12.1 Å². The number of aliphatic hydroxyl groups is 1. The Balaban J connectivity index is 2.09. The van der Waals surface area contributed by atoms with E-state index in [0.29, 0.717) is 12.2 Å². The molecule has 0 aliphatic heterocycles. The smallest absolute Gasteiger partial charge is 0.339 e. The van der Waals surface area contributed by atoms with Crippen molar-refractivity contribution in [2.24, 2.45) is 0 Å². The molecule has 0 heterocycles. The van der Waals surface area contributed by atoms with Crippen molar-refractivity contribution in [2.45, 2.75) is 46.3 Å². The maximum Gasteiger partial charge on any atom is 0.339 e. The fourth-order valence-electron chi connectivity index (χ4n) is 2.47. The number of unbranched alkanes of at least 4 members (excludes halogenated alkanes) is 1. The molecule has 1 unspecified atom stereocenters. The van der Waals surface area contributed by atoms with Gasteiger partial charge in [0.15, 0.2) is 6.10 Å². The Hall–Kier alpha value is -2.33. The molecule has 4 heteroatoms. The summed E-state index contributed by atoms with van der Waals surface area (Å²) in [6.07, 6.45) is 0.426. The van der Waals surface area contributed by atoms with Gasteiger partial charge in [0.2, 0.25) is 0 Å². The van der Waals surface area contributed by atoms with Crippen molar-refractivity contribution in [2.75, 3.05) is 6.61 Å². The molecular weight excluding hydrogens is 316 g/mol. The molecule has 4 nitrogen and oxygen atoms in total. The van der Waals surface area contributed by atoms with E-state index >= 15 is 0 Å². The van der Waals surface area contributed by atoms with E-state index in [1.54, 1.807) is 12.1 Å². The largest absolute Gasteiger partial charge is 0.489 e. The molecule has 0 amide bonds. The number of aryl methyl sites for hydroxylation is 2. The minimum absolute atomic E-state index is 0.278. The molecule has 1 N–H and O–H groups in total. The molecule has 1 atom stereocenters. The van der Waals surface area contributed by atoms with Crippen molar-refractivity contribution in [3.8, 4) is 5.75 Å². The highest BCUT2D eigenvalue weighted by molar-refractivity contribution is 5.76. The first-order valence-corrected chi connectivity index (χ1v) is 8.65. The highest BCUT2D eigenvalue weighted by Crippen LogP contribution is 2.24. The standard InChI is InChI=1S/C21H26O4/c1-4-5-12-24-21(23)20(22)18-9-7-6-8-17(18)14-25-19-13-15(2)10-11-16(19)3/h6-11,13,20,22H,4-5,12,14H2,1-3H3. The number of rotatable bonds is 8. The summed E-state index contributed by atoms with van der Waals surface area (Å²) in [4.78, 5) is 12.0. The number of carbonyl (C=O) groups excluding carboxylic acids is 1. The van der Waals surface area contributed by atoms with Gasteiger partial charge in [0.05, 0.1) is 6.61 Å². The summed E-state index contributed by atoms with van der Waals surface area (Å²) >= 11 is 0. The normalized spacial score (nSPS) is 11.8. The van der Waals surface area contributed by atoms with Crippen molar-refractivity contribution in [3.63, 3.8) is 0 Å². The Morgan fingerprint density at radius 1 is 1.16 bits per heavy atom. The average molecular weight is 342 g/mol. The maximum absolute atomic E-state index is 12.0. The second-order valence-electron chi connectivity index (χ2n) is 6.18. The summed E-state index contributed by atoms with van der Waals surface area (Å²) in [5.41, 5.74) is 3.45. The van der Waals surface area contributed by atoms with Crippen LogP contribution in [0, 0.1) is 13.8 Å². The van der Waals surface area contributed by atoms with Gasteiger partial charge in [-0.15, -0.1) is 0 Å². The molecule has 0 saturated heterocycles. The monoisotopic (exact) mass is 342 g/mol. The van der Waals surface area contributed by atoms with Gasteiger partial charge in [-0.05, 0) is 48.6 Å². The van der Waals surface area contributed by atoms with Crippen molar-refractivity contribution >= 4 is 5.97 Å². The molecular formula is C21H26O4. The molecule has 25 heavy (non-hydrogen) atoms. The molecule has 0 aliphatic rings. The van der Waals surface area contributed by atoms with Gasteiger partial charge in [-0.1, -0.05) is 49.7 Å². The van der Waals surface area contributed by atoms with Gasteiger partial charge >= 0.3 is 5.97 Å². The van der Waals surface area contributed by atoms with Crippen LogP contribution in [-0.2, 0) is 16.1 Å². The van der Waals surface area contributed by atoms with Gasteiger partial charge in [-0.25, -0.2) is 4.79 Å². The zero-order valence-corrected chi connectivity index (χ0v) is 15.1. The summed E-state index contributed by atoms with van der Waals surface area (Å²) in [5, 5.41) is 10.3. The van der Waals surface area contributed by atoms with Crippen molar-refractivity contribution in [1.29, 1.82) is 0 Å². The Morgan fingerprint density at radius 3 is 2.68 bits per heavy atom. The van der Waals surface area contributed by atoms with E-state index in [-0.39, 0.29) is 6.61 Å². The highest BCUT2D eigenvalue weighted by Gasteiger charge is 2.21. The fourth-order valence-corrected chi connectivity index (χ4v) is 2.47. The first-order chi connectivity index (χ1) is 12.0. The third kappa shape index (κ3) is 5.33. The Kier molecular flexibility index (Phi) is 7.02. The van der Waals surface area contributed by atoms with E-state index in [1.807, 2.05) is 51.1 Å². The molecule has 0 saturated carbocycles. The van der Waals surface area contributed by atoms with E-state index in [2.05, 4.69) is 0 Å². The van der Waals surface area contributed by atoms with E-state index in [9.17, 15) is 9.90 Å². The third-order valence-corrected chi connectivity index (χ3v) is 4.04. The van der Waals surface area contributed by atoms with Crippen LogP contribution < -0.4 is 4.74 Å². The quantitative estimate of drug-likeness (QED) is 0.575. The molecule has 0 fully saturated rings. The van der Waals surface area contributed by atoms with Crippen LogP contribution in [0.15, 0.2) is 42.5 Å². The lowest BCUT2D eigenvalue weighted by atomic mass is 10.0. The third-order valence-electron chi connectivity index (χ3n) is 4.04. The Morgan fingerprint density at radius 2 is 1.92 bits per heavy atom. The van der Waals surface area contributed by atoms with Crippen molar-refractivity contribution in [3.05, 3.63) is 64.7 Å². The fraction of sp³-hybridized carbons (Fsp3) is 0.381. The van der Waals surface area contributed by atoms with E-state index in [1.165, 1.54) is 0 Å². The van der Waals surface area contributed by atoms with Crippen LogP contribution in [0.2, 0.25) is 0 Å². The molecule has 2 aromatic rings. The minimum atomic E-state index is -1.30. The number of esters is 1. The Bertz CT molecular complexity index is 709. The van der Waals surface area contributed by atoms with Crippen LogP contribution in [0.25, 0.3) is 0 Å². The summed E-state index contributed by atoms with van der Waals surface area (Å²) in [7, 11) is 0. The van der Waals surface area contributed by atoms with Gasteiger partial charge in [0, 0.05) is 0 Å². The van der Waals surface area contributed by atoms with Crippen LogP contribution in [0.1, 0.15) is 48.1 Å². The highest BCUT2D eigenvalue weighted by atomic mass is 16.5. The molecule has 134 valence electrons. The number of hydrogen-bond donors (Lipinski definition) is 1. The van der Waals surface area contributed by atoms with Crippen LogP contribution in [0.4, 0.5) is 0 Å². The second-order valence-corrected chi connectivity index (χ2v) is 6.18. The van der Waals surface area contributed by atoms with Gasteiger partial charge in [0.25, 0.3) is 0 Å². The number of hydrogen-bond acceptors (Lipinski definition) is 4. The zero-order chi connectivity index (χ0) is 18.2. The molecule has 2 aromatic carbocycles. The molecule has 0 aliphatic carbocycles. The summed E-state index contributed by atoms with van der Waals surface area (Å²) in [5.74, 6) is 0.183. The second kappa shape index (κ2) is 9.23. The van der Waals surface area contributed by atoms with Crippen LogP contribution in [-0.4, -0.2) is 17.7 Å². The van der Waals surface area contributed by atoms with Gasteiger partial charge < -0.3 is 14.6 Å². The van der Waals surface area contributed by atoms with Crippen LogP contribution in [0.3, 0.4) is 0 Å². The van der Waals surface area contributed by atoms with Crippen LogP contribution >= 0.6 is 0 Å². The van der Waals surface area contributed by atoms with E-state index in [0.717, 1.165) is 35.3 Å².